The van der Waals surface area contributed by atoms with E-state index >= 15 is 0 Å². The molecule has 1 aromatic heterocycles. The van der Waals surface area contributed by atoms with Crippen LogP contribution in [0.4, 0.5) is 0 Å². The lowest BCUT2D eigenvalue weighted by Crippen LogP contribution is -2.01. The molecule has 1 heterocycles. The molecule has 2 aromatic rings. The van der Waals surface area contributed by atoms with E-state index < -0.39 is 5.97 Å². The van der Waals surface area contributed by atoms with Gasteiger partial charge >= 0.3 is 5.97 Å². The van der Waals surface area contributed by atoms with Crippen molar-refractivity contribution in [3.63, 3.8) is 0 Å². The number of nitrogens with one attached hydrogen (secondary N) is 1. The molecule has 0 saturated heterocycles. The number of phenols is 1. The van der Waals surface area contributed by atoms with E-state index in [-0.39, 0.29) is 12.2 Å². The third-order valence-electron chi connectivity index (χ3n) is 2.66. The second-order valence-electron chi connectivity index (χ2n) is 3.74. The van der Waals surface area contributed by atoms with Gasteiger partial charge in [0.15, 0.2) is 0 Å². The lowest BCUT2D eigenvalue weighted by molar-refractivity contribution is -0.136. The van der Waals surface area contributed by atoms with Gasteiger partial charge in [-0.25, -0.2) is 0 Å². The molecule has 0 fully saturated rings. The molecule has 3 N–H and O–H groups in total. The van der Waals surface area contributed by atoms with Crippen LogP contribution in [0.3, 0.4) is 0 Å². The summed E-state index contributed by atoms with van der Waals surface area (Å²) in [6.45, 7) is 1.97. The first kappa shape index (κ1) is 10.5. The zero-order chi connectivity index (χ0) is 11.7. The molecule has 84 valence electrons. The van der Waals surface area contributed by atoms with Gasteiger partial charge in [-0.2, -0.15) is 0 Å². The van der Waals surface area contributed by atoms with E-state index in [1.54, 1.807) is 18.2 Å². The van der Waals surface area contributed by atoms with E-state index in [0.717, 1.165) is 28.6 Å². The van der Waals surface area contributed by atoms with Crippen LogP contribution in [-0.4, -0.2) is 21.2 Å². The van der Waals surface area contributed by atoms with Crippen molar-refractivity contribution in [2.75, 3.05) is 0 Å². The van der Waals surface area contributed by atoms with Crippen LogP contribution in [-0.2, 0) is 17.6 Å². The van der Waals surface area contributed by atoms with Crippen LogP contribution in [0.25, 0.3) is 10.9 Å². The van der Waals surface area contributed by atoms with Crippen LogP contribution in [0.5, 0.6) is 5.75 Å². The molecule has 0 amide bonds. The van der Waals surface area contributed by atoms with Crippen molar-refractivity contribution in [1.82, 2.24) is 4.98 Å². The summed E-state index contributed by atoms with van der Waals surface area (Å²) >= 11 is 0. The molecule has 2 rings (SSSR count). The minimum atomic E-state index is -0.862. The zero-order valence-electron chi connectivity index (χ0n) is 8.95. The smallest absolute Gasteiger partial charge is 0.307 e. The van der Waals surface area contributed by atoms with Crippen molar-refractivity contribution >= 4 is 16.9 Å². The van der Waals surface area contributed by atoms with Crippen molar-refractivity contribution in [3.05, 3.63) is 29.5 Å². The summed E-state index contributed by atoms with van der Waals surface area (Å²) < 4.78 is 0. The first-order valence-corrected chi connectivity index (χ1v) is 5.16. The van der Waals surface area contributed by atoms with Crippen molar-refractivity contribution in [2.45, 2.75) is 19.8 Å². The minimum absolute atomic E-state index is 0.0212. The third-order valence-corrected chi connectivity index (χ3v) is 2.66. The number of aromatic amines is 1. The van der Waals surface area contributed by atoms with Gasteiger partial charge in [0.05, 0.1) is 6.42 Å². The van der Waals surface area contributed by atoms with Crippen LogP contribution in [0, 0.1) is 0 Å². The van der Waals surface area contributed by atoms with Crippen LogP contribution in [0.15, 0.2) is 18.2 Å². The number of carbonyl (C=O) groups is 1. The predicted molar refractivity (Wildman–Crippen MR) is 60.7 cm³/mol. The van der Waals surface area contributed by atoms with Gasteiger partial charge in [0.2, 0.25) is 0 Å². The van der Waals surface area contributed by atoms with Gasteiger partial charge in [0.1, 0.15) is 5.75 Å². The lowest BCUT2D eigenvalue weighted by atomic mass is 10.1. The van der Waals surface area contributed by atoms with Crippen molar-refractivity contribution in [1.29, 1.82) is 0 Å². The molecule has 16 heavy (non-hydrogen) atoms. The molecular formula is C12H13NO3. The maximum Gasteiger partial charge on any atom is 0.307 e. The normalized spacial score (nSPS) is 10.8. The summed E-state index contributed by atoms with van der Waals surface area (Å²) in [7, 11) is 0. The largest absolute Gasteiger partial charge is 0.508 e. The zero-order valence-corrected chi connectivity index (χ0v) is 8.95. The Morgan fingerprint density at radius 2 is 2.19 bits per heavy atom. The fraction of sp³-hybridized carbons (Fsp3) is 0.250. The number of H-pyrrole nitrogens is 1. The van der Waals surface area contributed by atoms with Gasteiger partial charge in [-0.1, -0.05) is 6.92 Å². The first-order chi connectivity index (χ1) is 7.61. The van der Waals surface area contributed by atoms with E-state index in [4.69, 9.17) is 5.11 Å². The minimum Gasteiger partial charge on any atom is -0.508 e. The fourth-order valence-corrected chi connectivity index (χ4v) is 1.95. The number of fused-ring (bicyclic) bond motifs is 1. The molecule has 4 nitrogen and oxygen atoms in total. The lowest BCUT2D eigenvalue weighted by Gasteiger charge is -1.99. The summed E-state index contributed by atoms with van der Waals surface area (Å²) in [6.07, 6.45) is 0.727. The van der Waals surface area contributed by atoms with Crippen molar-refractivity contribution in [2.24, 2.45) is 0 Å². The number of rotatable bonds is 3. The topological polar surface area (TPSA) is 73.3 Å². The number of carboxylic acid groups (broad SMARTS) is 1. The second kappa shape index (κ2) is 3.89. The van der Waals surface area contributed by atoms with Crippen LogP contribution >= 0.6 is 0 Å². The molecular weight excluding hydrogens is 206 g/mol. The molecule has 0 unspecified atom stereocenters. The van der Waals surface area contributed by atoms with Crippen LogP contribution < -0.4 is 0 Å². The molecule has 4 heteroatoms. The number of hydrogen-bond donors (Lipinski definition) is 3. The van der Waals surface area contributed by atoms with Crippen molar-refractivity contribution < 1.29 is 15.0 Å². The number of aromatic nitrogens is 1. The van der Waals surface area contributed by atoms with Crippen molar-refractivity contribution in [3.8, 4) is 5.75 Å². The molecule has 0 bridgehead atoms. The predicted octanol–water partition coefficient (Wildman–Crippen LogP) is 2.06. The van der Waals surface area contributed by atoms with Gasteiger partial charge in [-0.15, -0.1) is 0 Å². The third kappa shape index (κ3) is 1.74. The fourth-order valence-electron chi connectivity index (χ4n) is 1.95. The highest BCUT2D eigenvalue weighted by Crippen LogP contribution is 2.26. The number of aromatic hydroxyl groups is 1. The highest BCUT2D eigenvalue weighted by atomic mass is 16.4. The average Bonchev–Trinajstić information content (AvgIpc) is 2.56. The van der Waals surface area contributed by atoms with E-state index in [0.29, 0.717) is 0 Å². The Kier molecular flexibility index (Phi) is 2.56. The summed E-state index contributed by atoms with van der Waals surface area (Å²) in [5.74, 6) is -0.709. The van der Waals surface area contributed by atoms with E-state index in [2.05, 4.69) is 4.98 Å². The van der Waals surface area contributed by atoms with E-state index in [1.807, 2.05) is 6.92 Å². The number of phenolic OH excluding ortho intramolecular Hbond substituents is 1. The molecule has 0 radical (unpaired) electrons. The number of carboxylic acids is 1. The maximum absolute atomic E-state index is 10.8. The van der Waals surface area contributed by atoms with Gasteiger partial charge in [0.25, 0.3) is 0 Å². The molecule has 0 atom stereocenters. The summed E-state index contributed by atoms with van der Waals surface area (Å²) in [5, 5.41) is 19.1. The van der Waals surface area contributed by atoms with E-state index in [1.165, 1.54) is 0 Å². The first-order valence-electron chi connectivity index (χ1n) is 5.16. The highest BCUT2D eigenvalue weighted by Gasteiger charge is 2.13. The van der Waals surface area contributed by atoms with Gasteiger partial charge in [0, 0.05) is 16.6 Å². The van der Waals surface area contributed by atoms with Gasteiger partial charge < -0.3 is 15.2 Å². The number of aryl methyl sites for hydroxylation is 1. The molecule has 0 saturated carbocycles. The highest BCUT2D eigenvalue weighted by molar-refractivity contribution is 5.89. The Morgan fingerprint density at radius 1 is 1.44 bits per heavy atom. The Balaban J connectivity index is 2.65. The SMILES string of the molecule is CCc1[nH]c2ccc(O)cc2c1CC(=O)O. The van der Waals surface area contributed by atoms with Gasteiger partial charge in [-0.05, 0) is 30.2 Å². The molecule has 0 aliphatic heterocycles. The van der Waals surface area contributed by atoms with Gasteiger partial charge in [-0.3, -0.25) is 4.79 Å². The van der Waals surface area contributed by atoms with E-state index in [9.17, 15) is 9.90 Å². The molecule has 1 aromatic carbocycles. The second-order valence-corrected chi connectivity index (χ2v) is 3.74. The Morgan fingerprint density at radius 3 is 2.81 bits per heavy atom. The standard InChI is InChI=1S/C12H13NO3/c1-2-10-9(6-12(15)16)8-5-7(14)3-4-11(8)13-10/h3-5,13-14H,2,6H2,1H3,(H,15,16). The number of hydrogen-bond acceptors (Lipinski definition) is 2. The molecule has 0 aliphatic rings. The maximum atomic E-state index is 10.8. The Labute approximate surface area is 92.5 Å². The van der Waals surface area contributed by atoms with Crippen LogP contribution in [0.2, 0.25) is 0 Å². The monoisotopic (exact) mass is 219 g/mol. The Hall–Kier alpha value is -1.97. The number of aliphatic carboxylic acids is 1. The Bertz CT molecular complexity index is 542. The number of benzene rings is 1. The summed E-state index contributed by atoms with van der Waals surface area (Å²) in [6, 6.07) is 4.95. The molecule has 0 spiro atoms. The quantitative estimate of drug-likeness (QED) is 0.739. The summed E-state index contributed by atoms with van der Waals surface area (Å²) in [5.41, 5.74) is 2.55. The molecule has 0 aliphatic carbocycles. The van der Waals surface area contributed by atoms with Crippen LogP contribution in [0.1, 0.15) is 18.2 Å². The average molecular weight is 219 g/mol. The summed E-state index contributed by atoms with van der Waals surface area (Å²) in [4.78, 5) is 14.0.